The van der Waals surface area contributed by atoms with Crippen LogP contribution >= 0.6 is 0 Å². The van der Waals surface area contributed by atoms with Gasteiger partial charge in [0.1, 0.15) is 5.78 Å². The number of hydrogen-bond donors (Lipinski definition) is 0. The summed E-state index contributed by atoms with van der Waals surface area (Å²) in [6.45, 7) is 7.44. The lowest BCUT2D eigenvalue weighted by molar-refractivity contribution is -0.118. The number of carbonyl (C=O) groups is 1. The van der Waals surface area contributed by atoms with Crippen LogP contribution in [0, 0.1) is 0 Å². The molecule has 0 saturated heterocycles. The monoisotopic (exact) mass is 199 g/mol. The van der Waals surface area contributed by atoms with Gasteiger partial charge in [0.05, 0.1) is 0 Å². The number of nitrogens with zero attached hydrogens (tertiary/aromatic N) is 1. The molecule has 0 aromatic rings. The van der Waals surface area contributed by atoms with E-state index >= 15 is 0 Å². The van der Waals surface area contributed by atoms with Crippen LogP contribution in [0.4, 0.5) is 0 Å². The molecule has 0 aliphatic heterocycles. The van der Waals surface area contributed by atoms with Crippen molar-refractivity contribution >= 4 is 5.78 Å². The van der Waals surface area contributed by atoms with Crippen molar-refractivity contribution in [2.45, 2.75) is 58.9 Å². The quantitative estimate of drug-likeness (QED) is 0.599. The molecular weight excluding hydrogens is 174 g/mol. The van der Waals surface area contributed by atoms with Crippen LogP contribution < -0.4 is 0 Å². The summed E-state index contributed by atoms with van der Waals surface area (Å²) in [6.07, 6.45) is 4.86. The van der Waals surface area contributed by atoms with Crippen molar-refractivity contribution in [3.63, 3.8) is 0 Å². The summed E-state index contributed by atoms with van der Waals surface area (Å²) in [7, 11) is 2.16. The molecule has 14 heavy (non-hydrogen) atoms. The number of ketones is 1. The Balaban J connectivity index is 3.61. The Morgan fingerprint density at radius 2 is 1.79 bits per heavy atom. The van der Waals surface area contributed by atoms with Gasteiger partial charge in [-0.1, -0.05) is 20.8 Å². The molecule has 0 radical (unpaired) electrons. The van der Waals surface area contributed by atoms with Gasteiger partial charge in [0, 0.05) is 18.9 Å². The molecule has 0 rings (SSSR count). The zero-order chi connectivity index (χ0) is 11.0. The minimum absolute atomic E-state index is 0.392. The molecule has 2 heteroatoms. The molecule has 0 aliphatic rings. The van der Waals surface area contributed by atoms with Crippen molar-refractivity contribution in [3.8, 4) is 0 Å². The van der Waals surface area contributed by atoms with E-state index in [9.17, 15) is 4.79 Å². The van der Waals surface area contributed by atoms with Crippen LogP contribution in [0.5, 0.6) is 0 Å². The van der Waals surface area contributed by atoms with Gasteiger partial charge in [-0.05, 0) is 32.9 Å². The van der Waals surface area contributed by atoms with Gasteiger partial charge in [-0.15, -0.1) is 0 Å². The van der Waals surface area contributed by atoms with E-state index in [0.29, 0.717) is 18.2 Å². The van der Waals surface area contributed by atoms with E-state index in [-0.39, 0.29) is 0 Å². The first-order valence-electron chi connectivity index (χ1n) is 5.87. The number of rotatable bonds is 8. The Labute approximate surface area is 88.7 Å². The van der Waals surface area contributed by atoms with Gasteiger partial charge in [0.25, 0.3) is 0 Å². The molecule has 0 aliphatic carbocycles. The normalized spacial score (nSPS) is 11.3. The fraction of sp³-hybridized carbons (Fsp3) is 0.917. The second-order valence-electron chi connectivity index (χ2n) is 3.95. The summed E-state index contributed by atoms with van der Waals surface area (Å²) in [5.41, 5.74) is 0. The minimum Gasteiger partial charge on any atom is -0.303 e. The highest BCUT2D eigenvalue weighted by Gasteiger charge is 2.09. The standard InChI is InChI=1S/C12H25NO/c1-5-11(6-2)13(4)10-8-9-12(14)7-3/h11H,5-10H2,1-4H3. The van der Waals surface area contributed by atoms with Crippen LogP contribution in [0.3, 0.4) is 0 Å². The number of carbonyl (C=O) groups excluding carboxylic acids is 1. The zero-order valence-electron chi connectivity index (χ0n) is 10.2. The topological polar surface area (TPSA) is 20.3 Å². The van der Waals surface area contributed by atoms with Gasteiger partial charge >= 0.3 is 0 Å². The Bertz CT molecular complexity index is 152. The lowest BCUT2D eigenvalue weighted by Crippen LogP contribution is -2.31. The fourth-order valence-corrected chi connectivity index (χ4v) is 1.80. The summed E-state index contributed by atoms with van der Waals surface area (Å²) in [5, 5.41) is 0. The van der Waals surface area contributed by atoms with Crippen molar-refractivity contribution in [3.05, 3.63) is 0 Å². The van der Waals surface area contributed by atoms with E-state index in [1.54, 1.807) is 0 Å². The molecule has 0 aromatic carbocycles. The zero-order valence-corrected chi connectivity index (χ0v) is 10.2. The lowest BCUT2D eigenvalue weighted by Gasteiger charge is -2.25. The van der Waals surface area contributed by atoms with Crippen molar-refractivity contribution < 1.29 is 4.79 Å². The maximum absolute atomic E-state index is 11.1. The van der Waals surface area contributed by atoms with E-state index in [0.717, 1.165) is 19.4 Å². The molecular formula is C12H25NO. The molecule has 0 spiro atoms. The van der Waals surface area contributed by atoms with Crippen molar-refractivity contribution in [1.29, 1.82) is 0 Å². The second-order valence-corrected chi connectivity index (χ2v) is 3.95. The Hall–Kier alpha value is -0.370. The van der Waals surface area contributed by atoms with Gasteiger partial charge in [-0.25, -0.2) is 0 Å². The molecule has 0 atom stereocenters. The first kappa shape index (κ1) is 13.6. The van der Waals surface area contributed by atoms with E-state index in [1.165, 1.54) is 12.8 Å². The third-order valence-corrected chi connectivity index (χ3v) is 2.93. The Morgan fingerprint density at radius 3 is 2.21 bits per heavy atom. The highest BCUT2D eigenvalue weighted by Crippen LogP contribution is 2.07. The highest BCUT2D eigenvalue weighted by molar-refractivity contribution is 5.77. The van der Waals surface area contributed by atoms with Gasteiger partial charge in [-0.3, -0.25) is 4.79 Å². The molecule has 0 fully saturated rings. The van der Waals surface area contributed by atoms with Gasteiger partial charge < -0.3 is 4.90 Å². The molecule has 0 heterocycles. The van der Waals surface area contributed by atoms with Gasteiger partial charge in [0.15, 0.2) is 0 Å². The van der Waals surface area contributed by atoms with Gasteiger partial charge in [0.2, 0.25) is 0 Å². The van der Waals surface area contributed by atoms with Crippen LogP contribution in [0.2, 0.25) is 0 Å². The SMILES string of the molecule is CCC(=O)CCCN(C)C(CC)CC. The molecule has 0 saturated carbocycles. The summed E-state index contributed by atoms with van der Waals surface area (Å²) in [6, 6.07) is 0.687. The molecule has 0 bridgehead atoms. The fourth-order valence-electron chi connectivity index (χ4n) is 1.80. The number of hydrogen-bond acceptors (Lipinski definition) is 2. The molecule has 84 valence electrons. The Morgan fingerprint density at radius 1 is 1.21 bits per heavy atom. The smallest absolute Gasteiger partial charge is 0.132 e. The molecule has 0 N–H and O–H groups in total. The summed E-state index contributed by atoms with van der Waals surface area (Å²) >= 11 is 0. The van der Waals surface area contributed by atoms with E-state index in [4.69, 9.17) is 0 Å². The van der Waals surface area contributed by atoms with Crippen molar-refractivity contribution in [2.75, 3.05) is 13.6 Å². The average molecular weight is 199 g/mol. The predicted molar refractivity (Wildman–Crippen MR) is 61.5 cm³/mol. The van der Waals surface area contributed by atoms with Crippen LogP contribution in [0.25, 0.3) is 0 Å². The first-order valence-corrected chi connectivity index (χ1v) is 5.87. The first-order chi connectivity index (χ1) is 6.65. The van der Waals surface area contributed by atoms with E-state index in [1.807, 2.05) is 6.92 Å². The second kappa shape index (κ2) is 7.98. The van der Waals surface area contributed by atoms with Crippen LogP contribution in [-0.2, 0) is 4.79 Å². The summed E-state index contributed by atoms with van der Waals surface area (Å²) in [4.78, 5) is 13.5. The summed E-state index contributed by atoms with van der Waals surface area (Å²) in [5.74, 6) is 0.392. The Kier molecular flexibility index (Phi) is 7.77. The molecule has 0 aromatic heterocycles. The predicted octanol–water partition coefficient (Wildman–Crippen LogP) is 2.87. The van der Waals surface area contributed by atoms with Crippen LogP contribution in [-0.4, -0.2) is 30.3 Å². The largest absolute Gasteiger partial charge is 0.303 e. The van der Waals surface area contributed by atoms with Crippen molar-refractivity contribution in [1.82, 2.24) is 4.90 Å². The molecule has 0 amide bonds. The van der Waals surface area contributed by atoms with Crippen LogP contribution in [0.1, 0.15) is 52.9 Å². The van der Waals surface area contributed by atoms with Crippen molar-refractivity contribution in [2.24, 2.45) is 0 Å². The third kappa shape index (κ3) is 5.38. The summed E-state index contributed by atoms with van der Waals surface area (Å²) < 4.78 is 0. The third-order valence-electron chi connectivity index (χ3n) is 2.93. The van der Waals surface area contributed by atoms with Crippen LogP contribution in [0.15, 0.2) is 0 Å². The lowest BCUT2D eigenvalue weighted by atomic mass is 10.1. The molecule has 2 nitrogen and oxygen atoms in total. The number of Topliss-reactive ketones (excluding diaryl/α,β-unsaturated/α-hetero) is 1. The molecule has 0 unspecified atom stereocenters. The van der Waals surface area contributed by atoms with E-state index in [2.05, 4.69) is 25.8 Å². The van der Waals surface area contributed by atoms with Gasteiger partial charge in [-0.2, -0.15) is 0 Å². The maximum atomic E-state index is 11.1. The minimum atomic E-state index is 0.392. The maximum Gasteiger partial charge on any atom is 0.132 e. The van der Waals surface area contributed by atoms with E-state index < -0.39 is 0 Å². The highest BCUT2D eigenvalue weighted by atomic mass is 16.1. The average Bonchev–Trinajstić information content (AvgIpc) is 2.19.